The van der Waals surface area contributed by atoms with Crippen LogP contribution in [0.1, 0.15) is 182 Å². The molecule has 3 nitrogen and oxygen atoms in total. The van der Waals surface area contributed by atoms with E-state index in [0.29, 0.717) is 0 Å². The Balaban J connectivity index is 0. The van der Waals surface area contributed by atoms with Gasteiger partial charge in [0.1, 0.15) is 5.97 Å². The topological polar surface area (TPSA) is 40.1 Å². The predicted octanol–water partition coefficient (Wildman–Crippen LogP) is 12.4. The number of hydrogen-bond acceptors (Lipinski definition) is 2. The largest absolute Gasteiger partial charge is 0.544 e. The molecule has 49 heavy (non-hydrogen) atoms. The lowest BCUT2D eigenvalue weighted by Crippen LogP contribution is -2.65. The van der Waals surface area contributed by atoms with Gasteiger partial charge in [-0.25, -0.2) is 0 Å². The average molecular weight is 730 g/mol. The van der Waals surface area contributed by atoms with E-state index in [9.17, 15) is 49.4 Å². The normalized spacial score (nSPS) is 13.0. The first kappa shape index (κ1) is 49.9. The minimum atomic E-state index is -7.20. The van der Waals surface area contributed by atoms with Crippen LogP contribution in [0.2, 0.25) is 0 Å². The summed E-state index contributed by atoms with van der Waals surface area (Å²) in [5, 5.41) is 9.40. The van der Waals surface area contributed by atoms with E-state index in [2.05, 4.69) is 27.7 Å². The number of carboxylic acids is 1. The minimum absolute atomic E-state index is 1.37. The van der Waals surface area contributed by atoms with Crippen molar-refractivity contribution in [1.29, 1.82) is 0 Å². The van der Waals surface area contributed by atoms with Crippen LogP contribution in [0, 0.1) is 0 Å². The number of carbonyl (C=O) groups is 1. The highest BCUT2D eigenvalue weighted by molar-refractivity contribution is 5.74. The fraction of sp³-hybridized carbons (Fsp3) is 0.973. The second-order valence-corrected chi connectivity index (χ2v) is 13.8. The Bertz CT molecular complexity index is 723. The molecule has 0 fully saturated rings. The predicted molar refractivity (Wildman–Crippen MR) is 179 cm³/mol. The summed E-state index contributed by atoms with van der Waals surface area (Å²) in [7, 11) is 0. The van der Waals surface area contributed by atoms with E-state index in [1.54, 1.807) is 0 Å². The van der Waals surface area contributed by atoms with Gasteiger partial charge in [0.25, 0.3) is 0 Å². The molecule has 0 heterocycles. The van der Waals surface area contributed by atoms with E-state index in [4.69, 9.17) is 0 Å². The molecule has 12 heteroatoms. The number of nitrogens with zero attached hydrogens (tertiary/aromatic N) is 1. The summed E-state index contributed by atoms with van der Waals surface area (Å²) in [5.74, 6) is -25.1. The van der Waals surface area contributed by atoms with Crippen LogP contribution in [0.4, 0.5) is 39.5 Å². The van der Waals surface area contributed by atoms with Crippen molar-refractivity contribution >= 4 is 5.97 Å². The van der Waals surface area contributed by atoms with Gasteiger partial charge in [0.2, 0.25) is 0 Å². The van der Waals surface area contributed by atoms with Crippen molar-refractivity contribution in [3.63, 3.8) is 0 Å². The molecule has 0 aliphatic rings. The maximum Gasteiger partial charge on any atom is 0.460 e. The number of halogens is 9. The van der Waals surface area contributed by atoms with Crippen LogP contribution < -0.4 is 5.11 Å². The number of aliphatic carboxylic acids is 1. The molecular formula is C37H68F9NO2. The van der Waals surface area contributed by atoms with E-state index < -0.39 is 29.9 Å². The van der Waals surface area contributed by atoms with E-state index in [0.717, 1.165) is 0 Å². The Morgan fingerprint density at radius 3 is 0.837 bits per heavy atom. The van der Waals surface area contributed by atoms with E-state index in [-0.39, 0.29) is 0 Å². The number of hydrogen-bond donors (Lipinski definition) is 0. The summed E-state index contributed by atoms with van der Waals surface area (Å²) >= 11 is 0. The smallest absolute Gasteiger partial charge is 0.460 e. The van der Waals surface area contributed by atoms with Crippen molar-refractivity contribution in [3.05, 3.63) is 0 Å². The maximum atomic E-state index is 12.1. The second-order valence-electron chi connectivity index (χ2n) is 13.8. The van der Waals surface area contributed by atoms with Crippen molar-refractivity contribution < 1.29 is 53.9 Å². The zero-order valence-electron chi connectivity index (χ0n) is 31.0. The molecule has 0 aliphatic heterocycles. The highest BCUT2D eigenvalue weighted by atomic mass is 19.4. The van der Waals surface area contributed by atoms with Gasteiger partial charge in [-0.2, -0.15) is 39.5 Å². The quantitative estimate of drug-likeness (QED) is 0.0405. The third kappa shape index (κ3) is 20.4. The molecule has 0 aromatic carbocycles. The monoisotopic (exact) mass is 730 g/mol. The molecule has 0 bridgehead atoms. The summed E-state index contributed by atoms with van der Waals surface area (Å²) in [4.78, 5) is 9.40. The van der Waals surface area contributed by atoms with Crippen LogP contribution in [0.25, 0.3) is 0 Å². The standard InChI is InChI=1S/C32H68N.C5HF9O2/c1-5-9-13-17-21-25-29-33(30-26-22-18-14-10-6-2,31-27-23-19-15-11-7-3)32-28-24-20-16-12-8-4;6-2(7,1(15)16)3(8,9)4(10,11)5(12,13)14/h5-32H2,1-4H3;(H,15,16)/q+1;/p-1. The fourth-order valence-electron chi connectivity index (χ4n) is 6.08. The number of carbonyl (C=O) groups excluding carboxylic acids is 1. The van der Waals surface area contributed by atoms with Gasteiger partial charge >= 0.3 is 23.9 Å². The first-order valence-corrected chi connectivity index (χ1v) is 19.2. The van der Waals surface area contributed by atoms with Gasteiger partial charge in [-0.3, -0.25) is 0 Å². The van der Waals surface area contributed by atoms with Crippen molar-refractivity contribution in [2.45, 2.75) is 206 Å². The number of alkyl halides is 9. The molecule has 0 aliphatic carbocycles. The third-order valence-corrected chi connectivity index (χ3v) is 9.35. The van der Waals surface area contributed by atoms with Gasteiger partial charge in [0.05, 0.1) is 26.2 Å². The highest BCUT2D eigenvalue weighted by Gasteiger charge is 2.82. The van der Waals surface area contributed by atoms with Gasteiger partial charge in [0.15, 0.2) is 0 Å². The maximum absolute atomic E-state index is 12.1. The van der Waals surface area contributed by atoms with Crippen LogP contribution in [0.15, 0.2) is 0 Å². The van der Waals surface area contributed by atoms with Crippen molar-refractivity contribution in [1.82, 2.24) is 0 Å². The number of rotatable bonds is 31. The Hall–Kier alpha value is -1.20. The Morgan fingerprint density at radius 1 is 0.408 bits per heavy atom. The third-order valence-electron chi connectivity index (χ3n) is 9.35. The van der Waals surface area contributed by atoms with E-state index in [1.165, 1.54) is 185 Å². The lowest BCUT2D eigenvalue weighted by Gasteiger charge is -2.40. The molecular weight excluding hydrogens is 661 g/mol. The summed E-state index contributed by atoms with van der Waals surface area (Å²) < 4.78 is 107. The van der Waals surface area contributed by atoms with Crippen LogP contribution >= 0.6 is 0 Å². The van der Waals surface area contributed by atoms with Crippen molar-refractivity contribution in [2.75, 3.05) is 26.2 Å². The lowest BCUT2D eigenvalue weighted by atomic mass is 10.0. The van der Waals surface area contributed by atoms with Crippen molar-refractivity contribution in [3.8, 4) is 0 Å². The van der Waals surface area contributed by atoms with Gasteiger partial charge in [-0.1, -0.05) is 130 Å². The Labute approximate surface area is 291 Å². The molecule has 0 radical (unpaired) electrons. The first-order chi connectivity index (χ1) is 22.9. The summed E-state index contributed by atoms with van der Waals surface area (Å²) in [6, 6.07) is 0. The van der Waals surface area contributed by atoms with Crippen LogP contribution in [0.5, 0.6) is 0 Å². The van der Waals surface area contributed by atoms with Crippen LogP contribution in [0.3, 0.4) is 0 Å². The van der Waals surface area contributed by atoms with Gasteiger partial charge in [0, 0.05) is 0 Å². The lowest BCUT2D eigenvalue weighted by molar-refractivity contribution is -0.929. The second kappa shape index (κ2) is 27.5. The first-order valence-electron chi connectivity index (χ1n) is 19.2. The Morgan fingerprint density at radius 2 is 0.633 bits per heavy atom. The summed E-state index contributed by atoms with van der Waals surface area (Å²) in [6.45, 7) is 15.3. The molecule has 0 N–H and O–H groups in total. The zero-order chi connectivity index (χ0) is 37.9. The zero-order valence-corrected chi connectivity index (χ0v) is 31.0. The summed E-state index contributed by atoms with van der Waals surface area (Å²) in [5.41, 5.74) is 0. The molecule has 0 rings (SSSR count). The number of carboxylic acid groups (broad SMARTS) is 1. The minimum Gasteiger partial charge on any atom is -0.544 e. The molecule has 0 saturated heterocycles. The van der Waals surface area contributed by atoms with E-state index >= 15 is 0 Å². The molecule has 296 valence electrons. The molecule has 0 aromatic heterocycles. The van der Waals surface area contributed by atoms with Gasteiger partial charge in [-0.15, -0.1) is 0 Å². The van der Waals surface area contributed by atoms with Crippen LogP contribution in [-0.4, -0.2) is 60.6 Å². The van der Waals surface area contributed by atoms with Crippen LogP contribution in [-0.2, 0) is 4.79 Å². The Kier molecular flexibility index (Phi) is 28.0. The van der Waals surface area contributed by atoms with E-state index in [1.807, 2.05) is 0 Å². The highest BCUT2D eigenvalue weighted by Crippen LogP contribution is 2.52. The van der Waals surface area contributed by atoms with Gasteiger partial charge in [-0.05, 0) is 51.4 Å². The molecule has 0 unspecified atom stereocenters. The molecule has 0 spiro atoms. The SMILES string of the molecule is CCCCCCCC[N+](CCCCCCCC)(CCCCCCCC)CCCCCCCC.O=C([O-])C(F)(F)C(F)(F)C(F)(F)C(F)(F)F. The van der Waals surface area contributed by atoms with Gasteiger partial charge < -0.3 is 14.4 Å². The molecule has 0 aromatic rings. The average Bonchev–Trinajstić information content (AvgIpc) is 3.03. The van der Waals surface area contributed by atoms with Crippen molar-refractivity contribution in [2.24, 2.45) is 0 Å². The molecule has 0 atom stereocenters. The summed E-state index contributed by atoms with van der Waals surface area (Å²) in [6.07, 6.45) is 27.7. The molecule has 0 saturated carbocycles. The number of quaternary nitrogens is 1. The fourth-order valence-corrected chi connectivity index (χ4v) is 6.08. The number of unbranched alkanes of at least 4 members (excludes halogenated alkanes) is 20. The molecule has 0 amide bonds.